The van der Waals surface area contributed by atoms with Crippen LogP contribution in [0.15, 0.2) is 35.8 Å². The minimum Gasteiger partial charge on any atom is -0.465 e. The van der Waals surface area contributed by atoms with E-state index < -0.39 is 5.97 Å². The van der Waals surface area contributed by atoms with E-state index >= 15 is 0 Å². The molecule has 1 aromatic carbocycles. The molecule has 1 N–H and O–H groups in total. The van der Waals surface area contributed by atoms with Crippen molar-refractivity contribution in [2.75, 3.05) is 12.4 Å². The first-order chi connectivity index (χ1) is 12.5. The number of benzene rings is 1. The maximum atomic E-state index is 12.3. The highest BCUT2D eigenvalue weighted by Gasteiger charge is 2.16. The van der Waals surface area contributed by atoms with Crippen molar-refractivity contribution in [3.8, 4) is 10.6 Å². The van der Waals surface area contributed by atoms with Crippen LogP contribution in [0.4, 0.5) is 5.13 Å². The Kier molecular flexibility index (Phi) is 5.43. The molecule has 134 valence electrons. The Morgan fingerprint density at radius 2 is 1.92 bits per heavy atom. The van der Waals surface area contributed by atoms with Gasteiger partial charge in [0.05, 0.1) is 13.3 Å². The summed E-state index contributed by atoms with van der Waals surface area (Å²) in [4.78, 5) is 32.5. The van der Waals surface area contributed by atoms with Gasteiger partial charge in [0.1, 0.15) is 15.6 Å². The van der Waals surface area contributed by atoms with Crippen LogP contribution in [0.5, 0.6) is 0 Å². The minimum absolute atomic E-state index is 0.313. The molecule has 0 spiro atoms. The van der Waals surface area contributed by atoms with Crippen molar-refractivity contribution in [3.63, 3.8) is 0 Å². The molecule has 2 heterocycles. The number of ether oxygens (including phenoxy) is 1. The van der Waals surface area contributed by atoms with Gasteiger partial charge in [-0.1, -0.05) is 49.4 Å². The third kappa shape index (κ3) is 3.97. The third-order valence-corrected chi connectivity index (χ3v) is 5.46. The fourth-order valence-corrected chi connectivity index (χ4v) is 3.74. The van der Waals surface area contributed by atoms with Crippen molar-refractivity contribution in [1.82, 2.24) is 9.97 Å². The number of hydrogen-bond acceptors (Lipinski definition) is 7. The predicted octanol–water partition coefficient (Wildman–Crippen LogP) is 4.43. The van der Waals surface area contributed by atoms with E-state index in [2.05, 4.69) is 46.0 Å². The largest absolute Gasteiger partial charge is 0.465 e. The Morgan fingerprint density at radius 1 is 1.19 bits per heavy atom. The summed E-state index contributed by atoms with van der Waals surface area (Å²) in [7, 11) is 1.30. The summed E-state index contributed by atoms with van der Waals surface area (Å²) >= 11 is 2.46. The zero-order chi connectivity index (χ0) is 18.7. The first-order valence-corrected chi connectivity index (χ1v) is 9.59. The van der Waals surface area contributed by atoms with E-state index in [4.69, 9.17) is 0 Å². The molecule has 0 bridgehead atoms. The average Bonchev–Trinajstić information content (AvgIpc) is 3.31. The van der Waals surface area contributed by atoms with Crippen molar-refractivity contribution in [3.05, 3.63) is 52.0 Å². The van der Waals surface area contributed by atoms with Crippen LogP contribution in [-0.2, 0) is 4.74 Å². The standard InChI is InChI=1S/C18H17N3O3S2/c1-10(2)11-4-6-12(7-5-11)16-20-13(9-25-16)15(22)21-18-19-8-14(26-18)17(23)24-3/h4-10H,1-3H3,(H,19,21,22). The molecule has 0 radical (unpaired) electrons. The lowest BCUT2D eigenvalue weighted by atomic mass is 10.0. The zero-order valence-corrected chi connectivity index (χ0v) is 16.1. The van der Waals surface area contributed by atoms with Gasteiger partial charge in [-0.3, -0.25) is 10.1 Å². The van der Waals surface area contributed by atoms with Crippen LogP contribution in [0.1, 0.15) is 45.5 Å². The van der Waals surface area contributed by atoms with Crippen molar-refractivity contribution in [2.24, 2.45) is 0 Å². The van der Waals surface area contributed by atoms with Gasteiger partial charge in [0.15, 0.2) is 5.13 Å². The lowest BCUT2D eigenvalue weighted by molar-refractivity contribution is 0.0606. The summed E-state index contributed by atoms with van der Waals surface area (Å²) < 4.78 is 4.62. The highest BCUT2D eigenvalue weighted by molar-refractivity contribution is 7.17. The smallest absolute Gasteiger partial charge is 0.349 e. The number of thiazole rings is 2. The summed E-state index contributed by atoms with van der Waals surface area (Å²) in [5.41, 5.74) is 2.54. The van der Waals surface area contributed by atoms with Gasteiger partial charge in [-0.05, 0) is 11.5 Å². The number of carbonyl (C=O) groups is 2. The van der Waals surface area contributed by atoms with Crippen LogP contribution in [0.25, 0.3) is 10.6 Å². The molecule has 2 aromatic heterocycles. The molecule has 3 rings (SSSR count). The zero-order valence-electron chi connectivity index (χ0n) is 14.5. The molecule has 0 aliphatic heterocycles. The van der Waals surface area contributed by atoms with Crippen LogP contribution in [0, 0.1) is 0 Å². The highest BCUT2D eigenvalue weighted by Crippen LogP contribution is 2.26. The molecular formula is C18H17N3O3S2. The maximum absolute atomic E-state index is 12.3. The molecule has 0 saturated heterocycles. The van der Waals surface area contributed by atoms with Crippen LogP contribution in [0.2, 0.25) is 0 Å². The van der Waals surface area contributed by atoms with E-state index in [1.54, 1.807) is 5.38 Å². The molecule has 0 fully saturated rings. The number of carbonyl (C=O) groups excluding carboxylic acids is 2. The van der Waals surface area contributed by atoms with Gasteiger partial charge < -0.3 is 4.74 Å². The molecular weight excluding hydrogens is 370 g/mol. The monoisotopic (exact) mass is 387 g/mol. The second kappa shape index (κ2) is 7.76. The van der Waals surface area contributed by atoms with Crippen molar-refractivity contribution >= 4 is 39.7 Å². The average molecular weight is 387 g/mol. The molecule has 6 nitrogen and oxygen atoms in total. The Labute approximate surface area is 158 Å². The van der Waals surface area contributed by atoms with Gasteiger partial charge in [-0.2, -0.15) is 0 Å². The number of esters is 1. The number of nitrogens with zero attached hydrogens (tertiary/aromatic N) is 2. The molecule has 0 aliphatic carbocycles. The molecule has 1 amide bonds. The number of hydrogen-bond donors (Lipinski definition) is 1. The van der Waals surface area contributed by atoms with Crippen molar-refractivity contribution in [1.29, 1.82) is 0 Å². The van der Waals surface area contributed by atoms with Crippen LogP contribution >= 0.6 is 22.7 Å². The fourth-order valence-electron chi connectivity index (χ4n) is 2.21. The number of amides is 1. The van der Waals surface area contributed by atoms with Crippen molar-refractivity contribution in [2.45, 2.75) is 19.8 Å². The predicted molar refractivity (Wildman–Crippen MR) is 103 cm³/mol. The summed E-state index contributed by atoms with van der Waals surface area (Å²) in [6.45, 7) is 4.29. The van der Waals surface area contributed by atoms with Gasteiger partial charge in [0.2, 0.25) is 0 Å². The lowest BCUT2D eigenvalue weighted by Gasteiger charge is -2.05. The van der Waals surface area contributed by atoms with E-state index in [0.717, 1.165) is 21.9 Å². The molecule has 0 aliphatic rings. The normalized spacial score (nSPS) is 10.8. The fraction of sp³-hybridized carbons (Fsp3) is 0.222. The molecule has 0 unspecified atom stereocenters. The topological polar surface area (TPSA) is 81.2 Å². The second-order valence-corrected chi connectivity index (χ2v) is 7.68. The molecule has 0 atom stereocenters. The van der Waals surface area contributed by atoms with Gasteiger partial charge in [-0.25, -0.2) is 14.8 Å². The first kappa shape index (κ1) is 18.2. The van der Waals surface area contributed by atoms with Crippen LogP contribution < -0.4 is 5.32 Å². The van der Waals surface area contributed by atoms with Gasteiger partial charge in [0.25, 0.3) is 5.91 Å². The van der Waals surface area contributed by atoms with E-state index in [9.17, 15) is 9.59 Å². The summed E-state index contributed by atoms with van der Waals surface area (Å²) in [6.07, 6.45) is 1.37. The van der Waals surface area contributed by atoms with Gasteiger partial charge in [0, 0.05) is 10.9 Å². The Balaban J connectivity index is 1.71. The molecule has 3 aromatic rings. The number of anilines is 1. The second-order valence-electron chi connectivity index (χ2n) is 5.79. The number of rotatable bonds is 5. The number of aromatic nitrogens is 2. The SMILES string of the molecule is COC(=O)c1cnc(NC(=O)c2csc(-c3ccc(C(C)C)cc3)n2)s1. The highest BCUT2D eigenvalue weighted by atomic mass is 32.1. The van der Waals surface area contributed by atoms with Gasteiger partial charge >= 0.3 is 5.97 Å². The quantitative estimate of drug-likeness (QED) is 0.655. The molecule has 0 saturated carbocycles. The Morgan fingerprint density at radius 3 is 2.58 bits per heavy atom. The molecule has 8 heteroatoms. The van der Waals surface area contributed by atoms with Crippen molar-refractivity contribution < 1.29 is 14.3 Å². The molecule has 26 heavy (non-hydrogen) atoms. The Hall–Kier alpha value is -2.58. The minimum atomic E-state index is -0.483. The number of nitrogens with one attached hydrogen (secondary N) is 1. The summed E-state index contributed by atoms with van der Waals surface area (Å²) in [5, 5.41) is 5.46. The number of methoxy groups -OCH3 is 1. The first-order valence-electron chi connectivity index (χ1n) is 7.89. The summed E-state index contributed by atoms with van der Waals surface area (Å²) in [5.74, 6) is -0.379. The van der Waals surface area contributed by atoms with E-state index in [1.807, 2.05) is 12.1 Å². The van der Waals surface area contributed by atoms with E-state index in [-0.39, 0.29) is 5.91 Å². The Bertz CT molecular complexity index is 929. The summed E-state index contributed by atoms with van der Waals surface area (Å²) in [6, 6.07) is 8.18. The van der Waals surface area contributed by atoms with E-state index in [1.165, 1.54) is 30.2 Å². The van der Waals surface area contributed by atoms with E-state index in [0.29, 0.717) is 21.6 Å². The maximum Gasteiger partial charge on any atom is 0.349 e. The van der Waals surface area contributed by atoms with Gasteiger partial charge in [-0.15, -0.1) is 11.3 Å². The lowest BCUT2D eigenvalue weighted by Crippen LogP contribution is -2.11. The van der Waals surface area contributed by atoms with Crippen LogP contribution in [-0.4, -0.2) is 29.0 Å². The third-order valence-electron chi connectivity index (χ3n) is 3.67. The van der Waals surface area contributed by atoms with Crippen LogP contribution in [0.3, 0.4) is 0 Å².